The van der Waals surface area contributed by atoms with Gasteiger partial charge >= 0.3 is 0 Å². The summed E-state index contributed by atoms with van der Waals surface area (Å²) in [6.45, 7) is 1.06. The van der Waals surface area contributed by atoms with E-state index in [9.17, 15) is 5.11 Å². The highest BCUT2D eigenvalue weighted by Gasteiger charge is 2.35. The lowest BCUT2D eigenvalue weighted by Crippen LogP contribution is -2.53. The first-order chi connectivity index (χ1) is 6.74. The first-order valence-corrected chi connectivity index (χ1v) is 6.09. The molecule has 4 heteroatoms. The monoisotopic (exact) mass is 231 g/mol. The third-order valence-corrected chi connectivity index (χ3v) is 4.16. The Bertz CT molecular complexity index is 303. The highest BCUT2D eigenvalue weighted by atomic mass is 35.5. The highest BCUT2D eigenvalue weighted by Crippen LogP contribution is 2.32. The molecular weight excluding hydrogens is 218 g/mol. The largest absolute Gasteiger partial charge is 0.394 e. The molecule has 14 heavy (non-hydrogen) atoms. The van der Waals surface area contributed by atoms with Gasteiger partial charge in [-0.1, -0.05) is 11.6 Å². The Morgan fingerprint density at radius 2 is 2.36 bits per heavy atom. The summed E-state index contributed by atoms with van der Waals surface area (Å²) >= 11 is 7.48. The van der Waals surface area contributed by atoms with Gasteiger partial charge in [0.15, 0.2) is 0 Å². The van der Waals surface area contributed by atoms with Gasteiger partial charge in [0.05, 0.1) is 11.6 Å². The Kier molecular flexibility index (Phi) is 3.12. The molecule has 2 rings (SSSR count). The number of halogens is 1. The second-order valence-corrected chi connectivity index (χ2v) is 5.31. The summed E-state index contributed by atoms with van der Waals surface area (Å²) in [5.41, 5.74) is -0.00351. The molecule has 1 aliphatic carbocycles. The number of thiophene rings is 1. The molecule has 1 aromatic rings. The number of aliphatic hydroxyl groups excluding tert-OH is 1. The van der Waals surface area contributed by atoms with Crippen molar-refractivity contribution in [2.75, 3.05) is 6.61 Å². The lowest BCUT2D eigenvalue weighted by atomic mass is 9.77. The maximum Gasteiger partial charge on any atom is 0.0613 e. The van der Waals surface area contributed by atoms with E-state index in [1.54, 1.807) is 11.3 Å². The van der Waals surface area contributed by atoms with Crippen molar-refractivity contribution < 1.29 is 5.11 Å². The number of aliphatic hydroxyl groups is 1. The third kappa shape index (κ3) is 2.11. The van der Waals surface area contributed by atoms with Crippen molar-refractivity contribution in [3.63, 3.8) is 0 Å². The summed E-state index contributed by atoms with van der Waals surface area (Å²) in [7, 11) is 0. The third-order valence-electron chi connectivity index (χ3n) is 2.87. The topological polar surface area (TPSA) is 32.3 Å². The van der Waals surface area contributed by atoms with Crippen molar-refractivity contribution in [2.45, 2.75) is 31.3 Å². The van der Waals surface area contributed by atoms with E-state index in [-0.39, 0.29) is 12.1 Å². The van der Waals surface area contributed by atoms with Gasteiger partial charge in [-0.3, -0.25) is 0 Å². The molecule has 2 N–H and O–H groups in total. The van der Waals surface area contributed by atoms with Crippen molar-refractivity contribution in [1.29, 1.82) is 0 Å². The Labute approximate surface area is 92.9 Å². The molecule has 1 fully saturated rings. The first-order valence-electron chi connectivity index (χ1n) is 4.83. The molecule has 0 spiro atoms. The van der Waals surface area contributed by atoms with Crippen LogP contribution >= 0.6 is 22.9 Å². The predicted molar refractivity (Wildman–Crippen MR) is 59.8 cm³/mol. The van der Waals surface area contributed by atoms with E-state index < -0.39 is 0 Å². The SMILES string of the molecule is OCC1(NCc2cc(Cl)cs2)CCC1. The summed E-state index contributed by atoms with van der Waals surface area (Å²) in [4.78, 5) is 1.23. The fraction of sp³-hybridized carbons (Fsp3) is 0.600. The van der Waals surface area contributed by atoms with Crippen LogP contribution in [0, 0.1) is 0 Å². The Hall–Kier alpha value is -0.0900. The summed E-state index contributed by atoms with van der Waals surface area (Å²) in [5.74, 6) is 0. The molecule has 0 radical (unpaired) electrons. The van der Waals surface area contributed by atoms with Crippen molar-refractivity contribution in [3.05, 3.63) is 21.3 Å². The summed E-state index contributed by atoms with van der Waals surface area (Å²) in [6, 6.07) is 1.98. The molecule has 1 aromatic heterocycles. The first kappa shape index (κ1) is 10.4. The molecular formula is C10H14ClNOS. The second-order valence-electron chi connectivity index (χ2n) is 3.88. The van der Waals surface area contributed by atoms with Gasteiger partial charge in [-0.2, -0.15) is 0 Å². The molecule has 0 atom stereocenters. The summed E-state index contributed by atoms with van der Waals surface area (Å²) in [5, 5.41) is 15.4. The number of hydrogen-bond acceptors (Lipinski definition) is 3. The van der Waals surface area contributed by atoms with Gasteiger partial charge in [-0.05, 0) is 25.3 Å². The van der Waals surface area contributed by atoms with E-state index in [0.717, 1.165) is 24.4 Å². The molecule has 1 saturated carbocycles. The zero-order valence-electron chi connectivity index (χ0n) is 7.92. The predicted octanol–water partition coefficient (Wildman–Crippen LogP) is 2.41. The molecule has 2 nitrogen and oxygen atoms in total. The Morgan fingerprint density at radius 3 is 2.79 bits per heavy atom. The Morgan fingerprint density at radius 1 is 1.57 bits per heavy atom. The van der Waals surface area contributed by atoms with Crippen molar-refractivity contribution in [3.8, 4) is 0 Å². The van der Waals surface area contributed by atoms with Gasteiger partial charge in [-0.25, -0.2) is 0 Å². The fourth-order valence-corrected chi connectivity index (χ4v) is 2.73. The molecule has 1 aliphatic rings. The van der Waals surface area contributed by atoms with E-state index in [1.807, 2.05) is 11.4 Å². The zero-order valence-corrected chi connectivity index (χ0v) is 9.50. The number of rotatable bonds is 4. The second kappa shape index (κ2) is 4.19. The van der Waals surface area contributed by atoms with Gasteiger partial charge < -0.3 is 10.4 Å². The zero-order chi connectivity index (χ0) is 10.0. The van der Waals surface area contributed by atoms with Gasteiger partial charge in [0, 0.05) is 22.3 Å². The number of nitrogens with one attached hydrogen (secondary N) is 1. The van der Waals surface area contributed by atoms with Crippen molar-refractivity contribution >= 4 is 22.9 Å². The maximum atomic E-state index is 9.23. The minimum Gasteiger partial charge on any atom is -0.394 e. The van der Waals surface area contributed by atoms with E-state index in [0.29, 0.717) is 0 Å². The summed E-state index contributed by atoms with van der Waals surface area (Å²) < 4.78 is 0. The molecule has 0 bridgehead atoms. The maximum absolute atomic E-state index is 9.23. The fourth-order valence-electron chi connectivity index (χ4n) is 1.72. The lowest BCUT2D eigenvalue weighted by Gasteiger charge is -2.41. The van der Waals surface area contributed by atoms with Crippen LogP contribution in [0.1, 0.15) is 24.1 Å². The molecule has 0 aliphatic heterocycles. The van der Waals surface area contributed by atoms with Crippen LogP contribution in [0.15, 0.2) is 11.4 Å². The molecule has 78 valence electrons. The normalized spacial score (nSPS) is 19.3. The van der Waals surface area contributed by atoms with Gasteiger partial charge in [-0.15, -0.1) is 11.3 Å². The summed E-state index contributed by atoms with van der Waals surface area (Å²) in [6.07, 6.45) is 3.39. The average molecular weight is 232 g/mol. The van der Waals surface area contributed by atoms with E-state index in [4.69, 9.17) is 11.6 Å². The molecule has 1 heterocycles. The van der Waals surface area contributed by atoms with E-state index in [1.165, 1.54) is 11.3 Å². The van der Waals surface area contributed by atoms with E-state index in [2.05, 4.69) is 5.32 Å². The molecule has 0 saturated heterocycles. The minimum absolute atomic E-state index is 0.00351. The lowest BCUT2D eigenvalue weighted by molar-refractivity contribution is 0.0875. The standard InChI is InChI=1S/C10H14ClNOS/c11-8-4-9(14-6-8)5-12-10(7-13)2-1-3-10/h4,6,12-13H,1-3,5,7H2. The molecule has 0 amide bonds. The van der Waals surface area contributed by atoms with Crippen LogP contribution in [0.2, 0.25) is 5.02 Å². The smallest absolute Gasteiger partial charge is 0.0613 e. The van der Waals surface area contributed by atoms with E-state index >= 15 is 0 Å². The van der Waals surface area contributed by atoms with Crippen LogP contribution in [-0.2, 0) is 6.54 Å². The van der Waals surface area contributed by atoms with Gasteiger partial charge in [0.2, 0.25) is 0 Å². The van der Waals surface area contributed by atoms with Crippen LogP contribution in [0.25, 0.3) is 0 Å². The minimum atomic E-state index is -0.00351. The molecule has 0 aromatic carbocycles. The highest BCUT2D eigenvalue weighted by molar-refractivity contribution is 7.10. The van der Waals surface area contributed by atoms with Crippen LogP contribution in [-0.4, -0.2) is 17.3 Å². The van der Waals surface area contributed by atoms with Crippen LogP contribution in [0.4, 0.5) is 0 Å². The molecule has 0 unspecified atom stereocenters. The average Bonchev–Trinajstić information content (AvgIpc) is 2.50. The van der Waals surface area contributed by atoms with Crippen LogP contribution in [0.3, 0.4) is 0 Å². The van der Waals surface area contributed by atoms with Gasteiger partial charge in [0.1, 0.15) is 0 Å². The van der Waals surface area contributed by atoms with Crippen molar-refractivity contribution in [1.82, 2.24) is 5.32 Å². The Balaban J connectivity index is 1.87. The number of hydrogen-bond donors (Lipinski definition) is 2. The van der Waals surface area contributed by atoms with Crippen molar-refractivity contribution in [2.24, 2.45) is 0 Å². The van der Waals surface area contributed by atoms with Crippen LogP contribution < -0.4 is 5.32 Å². The van der Waals surface area contributed by atoms with Crippen LogP contribution in [0.5, 0.6) is 0 Å². The van der Waals surface area contributed by atoms with Gasteiger partial charge in [0.25, 0.3) is 0 Å². The quantitative estimate of drug-likeness (QED) is 0.834.